The quantitative estimate of drug-likeness (QED) is 0.650. The van der Waals surface area contributed by atoms with Gasteiger partial charge in [0.2, 0.25) is 0 Å². The molecule has 138 valence electrons. The van der Waals surface area contributed by atoms with Crippen molar-refractivity contribution in [3.63, 3.8) is 0 Å². The van der Waals surface area contributed by atoms with Gasteiger partial charge in [-0.05, 0) is 33.1 Å². The van der Waals surface area contributed by atoms with Crippen molar-refractivity contribution in [1.82, 2.24) is 20.4 Å². The van der Waals surface area contributed by atoms with Crippen molar-refractivity contribution in [2.24, 2.45) is 23.4 Å². The van der Waals surface area contributed by atoms with Crippen LogP contribution in [0.3, 0.4) is 0 Å². The first kappa shape index (κ1) is 16.9. The van der Waals surface area contributed by atoms with Crippen molar-refractivity contribution in [3.8, 4) is 0 Å². The minimum absolute atomic E-state index is 0.346. The predicted molar refractivity (Wildman–Crippen MR) is 98.6 cm³/mol. The zero-order chi connectivity index (χ0) is 17.6. The number of guanidine groups is 1. The summed E-state index contributed by atoms with van der Waals surface area (Å²) in [4.78, 5) is 4.49. The van der Waals surface area contributed by atoms with E-state index in [0.29, 0.717) is 23.5 Å². The van der Waals surface area contributed by atoms with Gasteiger partial charge in [0.05, 0.1) is 11.8 Å². The third kappa shape index (κ3) is 2.57. The standard InChI is InChI=1S/C19H31N5O/c1-12-15(13(2)24(4)23-12)11-21-18(20-3)22-16-14-7-10-25-17(14)19(16)8-5-6-9-19/h14,16-17H,5-11H2,1-4H3,(H2,20,21,22). The number of aryl methyl sites for hydroxylation is 2. The van der Waals surface area contributed by atoms with Gasteiger partial charge in [0.25, 0.3) is 0 Å². The molecule has 3 aliphatic rings. The van der Waals surface area contributed by atoms with Crippen molar-refractivity contribution >= 4 is 5.96 Å². The minimum Gasteiger partial charge on any atom is -0.377 e. The number of fused-ring (bicyclic) bond motifs is 2. The molecular weight excluding hydrogens is 314 g/mol. The van der Waals surface area contributed by atoms with Crippen LogP contribution in [0.2, 0.25) is 0 Å². The molecule has 1 aliphatic heterocycles. The molecule has 1 spiro atoms. The summed E-state index contributed by atoms with van der Waals surface area (Å²) in [6.07, 6.45) is 6.93. The van der Waals surface area contributed by atoms with Crippen molar-refractivity contribution in [3.05, 3.63) is 17.0 Å². The lowest BCUT2D eigenvalue weighted by Gasteiger charge is -2.57. The summed E-state index contributed by atoms with van der Waals surface area (Å²) < 4.78 is 8.03. The monoisotopic (exact) mass is 345 g/mol. The van der Waals surface area contributed by atoms with Crippen LogP contribution in [0.4, 0.5) is 0 Å². The maximum atomic E-state index is 6.09. The number of hydrogen-bond donors (Lipinski definition) is 2. The molecule has 3 fully saturated rings. The third-order valence-electron chi connectivity index (χ3n) is 6.89. The summed E-state index contributed by atoms with van der Waals surface area (Å²) in [5, 5.41) is 11.8. The van der Waals surface area contributed by atoms with Crippen LogP contribution < -0.4 is 10.6 Å². The van der Waals surface area contributed by atoms with Gasteiger partial charge < -0.3 is 15.4 Å². The van der Waals surface area contributed by atoms with Gasteiger partial charge in [-0.2, -0.15) is 5.10 Å². The van der Waals surface area contributed by atoms with Gasteiger partial charge in [-0.15, -0.1) is 0 Å². The Morgan fingerprint density at radius 1 is 1.36 bits per heavy atom. The highest BCUT2D eigenvalue weighted by molar-refractivity contribution is 5.80. The fraction of sp³-hybridized carbons (Fsp3) is 0.789. The molecular formula is C19H31N5O. The van der Waals surface area contributed by atoms with Crippen molar-refractivity contribution in [1.29, 1.82) is 0 Å². The first-order chi connectivity index (χ1) is 12.1. The van der Waals surface area contributed by atoms with Gasteiger partial charge in [0.1, 0.15) is 0 Å². The summed E-state index contributed by atoms with van der Waals surface area (Å²) >= 11 is 0. The number of rotatable bonds is 3. The normalized spacial score (nSPS) is 30.4. The van der Waals surface area contributed by atoms with E-state index in [1.165, 1.54) is 43.4 Å². The summed E-state index contributed by atoms with van der Waals surface area (Å²) in [7, 11) is 3.86. The van der Waals surface area contributed by atoms with Gasteiger partial charge in [-0.25, -0.2) is 0 Å². The highest BCUT2D eigenvalue weighted by Crippen LogP contribution is 2.60. The molecule has 0 bridgehead atoms. The molecule has 3 atom stereocenters. The molecule has 0 aromatic carbocycles. The highest BCUT2D eigenvalue weighted by Gasteiger charge is 2.65. The number of ether oxygens (including phenoxy) is 1. The van der Waals surface area contributed by atoms with Crippen LogP contribution in [-0.2, 0) is 18.3 Å². The number of aliphatic imine (C=N–C) groups is 1. The van der Waals surface area contributed by atoms with Gasteiger partial charge in [0, 0.05) is 55.9 Å². The van der Waals surface area contributed by atoms with E-state index in [1.54, 1.807) is 0 Å². The van der Waals surface area contributed by atoms with E-state index in [0.717, 1.165) is 24.8 Å². The molecule has 6 nitrogen and oxygen atoms in total. The second-order valence-electron chi connectivity index (χ2n) is 8.00. The summed E-state index contributed by atoms with van der Waals surface area (Å²) in [6.45, 7) is 5.87. The Kier molecular flexibility index (Phi) is 4.26. The molecule has 1 aromatic heterocycles. The molecule has 1 saturated heterocycles. The fourth-order valence-corrected chi connectivity index (χ4v) is 5.49. The van der Waals surface area contributed by atoms with Crippen LogP contribution in [-0.4, -0.2) is 41.5 Å². The van der Waals surface area contributed by atoms with Gasteiger partial charge >= 0.3 is 0 Å². The Hall–Kier alpha value is -1.56. The van der Waals surface area contributed by atoms with Crippen LogP contribution >= 0.6 is 0 Å². The van der Waals surface area contributed by atoms with Crippen LogP contribution in [0, 0.1) is 25.2 Å². The fourth-order valence-electron chi connectivity index (χ4n) is 5.49. The molecule has 1 aromatic rings. The van der Waals surface area contributed by atoms with E-state index in [2.05, 4.69) is 34.6 Å². The molecule has 0 amide bonds. The Morgan fingerprint density at radius 3 is 2.76 bits per heavy atom. The van der Waals surface area contributed by atoms with Gasteiger partial charge in [-0.1, -0.05) is 12.8 Å². The largest absolute Gasteiger partial charge is 0.377 e. The van der Waals surface area contributed by atoms with Gasteiger partial charge in [0.15, 0.2) is 5.96 Å². The lowest BCUT2D eigenvalue weighted by atomic mass is 9.54. The van der Waals surface area contributed by atoms with E-state index in [4.69, 9.17) is 4.74 Å². The predicted octanol–water partition coefficient (Wildman–Crippen LogP) is 2.05. The Labute approximate surface area is 150 Å². The number of hydrogen-bond acceptors (Lipinski definition) is 3. The van der Waals surface area contributed by atoms with E-state index in [9.17, 15) is 0 Å². The van der Waals surface area contributed by atoms with Crippen LogP contribution in [0.5, 0.6) is 0 Å². The van der Waals surface area contributed by atoms with Crippen molar-refractivity contribution in [2.75, 3.05) is 13.7 Å². The molecule has 25 heavy (non-hydrogen) atoms. The molecule has 2 saturated carbocycles. The first-order valence-electron chi connectivity index (χ1n) is 9.64. The molecule has 6 heteroatoms. The number of nitrogens with zero attached hydrogens (tertiary/aromatic N) is 3. The Morgan fingerprint density at radius 2 is 2.12 bits per heavy atom. The van der Waals surface area contributed by atoms with E-state index in [-0.39, 0.29) is 0 Å². The first-order valence-corrected chi connectivity index (χ1v) is 9.64. The van der Waals surface area contributed by atoms with Gasteiger partial charge in [-0.3, -0.25) is 9.67 Å². The second kappa shape index (κ2) is 6.31. The molecule has 0 radical (unpaired) electrons. The SMILES string of the molecule is CN=C(NCc1c(C)nn(C)c1C)NC1C2CCOC2C12CCCC2. The lowest BCUT2D eigenvalue weighted by Crippen LogP contribution is -2.69. The number of aromatic nitrogens is 2. The van der Waals surface area contributed by atoms with Crippen LogP contribution in [0.1, 0.15) is 49.1 Å². The van der Waals surface area contributed by atoms with E-state index >= 15 is 0 Å². The zero-order valence-corrected chi connectivity index (χ0v) is 15.9. The lowest BCUT2D eigenvalue weighted by molar-refractivity contribution is -0.125. The van der Waals surface area contributed by atoms with E-state index in [1.807, 2.05) is 18.8 Å². The van der Waals surface area contributed by atoms with E-state index < -0.39 is 0 Å². The highest BCUT2D eigenvalue weighted by atomic mass is 16.5. The molecule has 2 heterocycles. The zero-order valence-electron chi connectivity index (χ0n) is 15.9. The average Bonchev–Trinajstić information content (AvgIpc) is 3.29. The topological polar surface area (TPSA) is 63.5 Å². The minimum atomic E-state index is 0.346. The van der Waals surface area contributed by atoms with Crippen LogP contribution in [0.25, 0.3) is 0 Å². The summed E-state index contributed by atoms with van der Waals surface area (Å²) in [5.41, 5.74) is 3.90. The second-order valence-corrected chi connectivity index (χ2v) is 8.00. The third-order valence-corrected chi connectivity index (χ3v) is 6.89. The van der Waals surface area contributed by atoms with Crippen molar-refractivity contribution in [2.45, 2.75) is 64.6 Å². The molecule has 2 N–H and O–H groups in total. The molecule has 2 aliphatic carbocycles. The Bertz CT molecular complexity index is 674. The van der Waals surface area contributed by atoms with Crippen molar-refractivity contribution < 1.29 is 4.74 Å². The smallest absolute Gasteiger partial charge is 0.191 e. The summed E-state index contributed by atoms with van der Waals surface area (Å²) in [6, 6.07) is 0.504. The number of nitrogens with one attached hydrogen (secondary N) is 2. The maximum Gasteiger partial charge on any atom is 0.191 e. The molecule has 4 rings (SSSR count). The maximum absolute atomic E-state index is 6.09. The summed E-state index contributed by atoms with van der Waals surface area (Å²) in [5.74, 6) is 1.56. The Balaban J connectivity index is 1.44. The molecule has 3 unspecified atom stereocenters. The average molecular weight is 345 g/mol. The van der Waals surface area contributed by atoms with Crippen LogP contribution in [0.15, 0.2) is 4.99 Å².